The fraction of sp³-hybridized carbons (Fsp3) is 0.536. The number of halogens is 1. The van der Waals surface area contributed by atoms with E-state index in [4.69, 9.17) is 4.74 Å². The van der Waals surface area contributed by atoms with Gasteiger partial charge in [-0.05, 0) is 24.8 Å². The second-order valence-corrected chi connectivity index (χ2v) is 12.6. The standard InChI is InChI=1S/C28H35BrN2O5S/c1-4-7-14-36-27(35)21-22-25(33)31(19(6-3)17-32)24(28(22)15-20(29)23(21)37-28)26(34)30(13-5-2)16-18-11-9-8-10-12-18/h4-5,8-12,19-24,32H,1-2,6-7,13-17H2,3H3/t19-,20?,21+,22-,23+,24?,28?/m0/s1. The molecule has 2 bridgehead atoms. The molecule has 9 heteroatoms. The third kappa shape index (κ3) is 4.90. The molecule has 3 fully saturated rings. The Morgan fingerprint density at radius 2 is 2.05 bits per heavy atom. The smallest absolute Gasteiger partial charge is 0.310 e. The Morgan fingerprint density at radius 1 is 1.32 bits per heavy atom. The number of aliphatic hydroxyl groups is 1. The lowest BCUT2D eigenvalue weighted by Crippen LogP contribution is -2.57. The number of carbonyl (C=O) groups is 3. The Morgan fingerprint density at radius 3 is 2.68 bits per heavy atom. The number of amides is 2. The van der Waals surface area contributed by atoms with Crippen molar-refractivity contribution in [2.75, 3.05) is 19.8 Å². The van der Waals surface area contributed by atoms with Gasteiger partial charge < -0.3 is 19.6 Å². The van der Waals surface area contributed by atoms with Crippen molar-refractivity contribution in [3.05, 3.63) is 61.2 Å². The van der Waals surface area contributed by atoms with Gasteiger partial charge in [-0.25, -0.2) is 0 Å². The van der Waals surface area contributed by atoms with Crippen molar-refractivity contribution >= 4 is 45.5 Å². The summed E-state index contributed by atoms with van der Waals surface area (Å²) in [5.41, 5.74) is 0.974. The lowest BCUT2D eigenvalue weighted by atomic mass is 9.71. The number of aliphatic hydroxyl groups excluding tert-OH is 1. The van der Waals surface area contributed by atoms with Crippen molar-refractivity contribution < 1.29 is 24.2 Å². The Balaban J connectivity index is 1.74. The first-order valence-electron chi connectivity index (χ1n) is 12.8. The molecule has 3 aliphatic heterocycles. The van der Waals surface area contributed by atoms with E-state index in [0.29, 0.717) is 32.4 Å². The van der Waals surface area contributed by atoms with Crippen LogP contribution in [0.1, 0.15) is 31.7 Å². The maximum absolute atomic E-state index is 14.4. The quantitative estimate of drug-likeness (QED) is 0.173. The third-order valence-electron chi connectivity index (χ3n) is 7.75. The number of ether oxygens (including phenoxy) is 1. The zero-order valence-electron chi connectivity index (χ0n) is 21.1. The maximum Gasteiger partial charge on any atom is 0.310 e. The fourth-order valence-electron chi connectivity index (χ4n) is 6.13. The molecule has 3 saturated heterocycles. The van der Waals surface area contributed by atoms with Gasteiger partial charge in [-0.3, -0.25) is 14.4 Å². The molecule has 1 aromatic rings. The summed E-state index contributed by atoms with van der Waals surface area (Å²) >= 11 is 5.33. The molecule has 0 saturated carbocycles. The van der Waals surface area contributed by atoms with Gasteiger partial charge in [0.15, 0.2) is 0 Å². The molecular formula is C28H35BrN2O5S. The van der Waals surface area contributed by atoms with Crippen LogP contribution in [0.25, 0.3) is 0 Å². The second-order valence-electron chi connectivity index (χ2n) is 9.89. The molecule has 7 atom stereocenters. The van der Waals surface area contributed by atoms with Gasteiger partial charge in [0.1, 0.15) is 6.04 Å². The highest BCUT2D eigenvalue weighted by molar-refractivity contribution is 9.09. The Bertz CT molecular complexity index is 1030. The summed E-state index contributed by atoms with van der Waals surface area (Å²) in [6.45, 7) is 10.1. The van der Waals surface area contributed by atoms with E-state index in [2.05, 4.69) is 29.1 Å². The number of benzene rings is 1. The molecule has 0 aliphatic carbocycles. The average molecular weight is 592 g/mol. The number of hydrogen-bond acceptors (Lipinski definition) is 6. The number of alkyl halides is 1. The molecule has 3 aliphatic rings. The van der Waals surface area contributed by atoms with Gasteiger partial charge in [0.25, 0.3) is 0 Å². The molecule has 2 amide bonds. The second kappa shape index (κ2) is 11.7. The molecule has 1 spiro atoms. The van der Waals surface area contributed by atoms with Gasteiger partial charge in [-0.15, -0.1) is 24.9 Å². The highest BCUT2D eigenvalue weighted by atomic mass is 79.9. The fourth-order valence-corrected chi connectivity index (χ4v) is 9.71. The summed E-state index contributed by atoms with van der Waals surface area (Å²) in [6, 6.07) is 8.39. The molecule has 37 heavy (non-hydrogen) atoms. The van der Waals surface area contributed by atoms with Crippen LogP contribution in [0.4, 0.5) is 0 Å². The SMILES string of the molecule is C=CCCOC(=O)[C@H]1[C@@H]2SC3(CC2Br)C(C(=O)N(CC=C)Cc2ccccc2)N([C@@H](CC)CO)C(=O)[C@H]13. The minimum Gasteiger partial charge on any atom is -0.465 e. The molecule has 1 N–H and O–H groups in total. The van der Waals surface area contributed by atoms with Crippen LogP contribution in [0.5, 0.6) is 0 Å². The van der Waals surface area contributed by atoms with Gasteiger partial charge in [-0.1, -0.05) is 65.3 Å². The Kier molecular flexibility index (Phi) is 8.86. The number of nitrogens with zero attached hydrogens (tertiary/aromatic N) is 2. The predicted molar refractivity (Wildman–Crippen MR) is 148 cm³/mol. The van der Waals surface area contributed by atoms with Gasteiger partial charge in [-0.2, -0.15) is 0 Å². The van der Waals surface area contributed by atoms with Crippen LogP contribution in [0.3, 0.4) is 0 Å². The number of carbonyl (C=O) groups excluding carboxylic acids is 3. The van der Waals surface area contributed by atoms with Gasteiger partial charge >= 0.3 is 5.97 Å². The van der Waals surface area contributed by atoms with Crippen molar-refractivity contribution in [1.29, 1.82) is 0 Å². The van der Waals surface area contributed by atoms with E-state index in [1.165, 1.54) is 0 Å². The summed E-state index contributed by atoms with van der Waals surface area (Å²) in [5.74, 6) is -2.15. The Hall–Kier alpha value is -2.10. The van der Waals surface area contributed by atoms with Crippen molar-refractivity contribution in [2.24, 2.45) is 11.8 Å². The molecule has 3 heterocycles. The maximum atomic E-state index is 14.4. The molecule has 7 nitrogen and oxygen atoms in total. The molecule has 200 valence electrons. The molecular weight excluding hydrogens is 556 g/mol. The summed E-state index contributed by atoms with van der Waals surface area (Å²) in [6.07, 6.45) is 4.98. The van der Waals surface area contributed by atoms with Crippen LogP contribution in [0.15, 0.2) is 55.6 Å². The highest BCUT2D eigenvalue weighted by Gasteiger charge is 2.76. The summed E-state index contributed by atoms with van der Waals surface area (Å²) in [5, 5.41) is 10.1. The van der Waals surface area contributed by atoms with Crippen LogP contribution in [-0.2, 0) is 25.7 Å². The minimum atomic E-state index is -0.799. The normalized spacial score (nSPS) is 30.6. The summed E-state index contributed by atoms with van der Waals surface area (Å²) < 4.78 is 4.77. The Labute approximate surface area is 231 Å². The number of thioether (sulfide) groups is 1. The van der Waals surface area contributed by atoms with Gasteiger partial charge in [0.2, 0.25) is 11.8 Å². The topological polar surface area (TPSA) is 87.2 Å². The van der Waals surface area contributed by atoms with E-state index < -0.39 is 34.6 Å². The van der Waals surface area contributed by atoms with E-state index in [9.17, 15) is 19.5 Å². The number of likely N-dealkylation sites (tertiary alicyclic amines) is 1. The zero-order valence-corrected chi connectivity index (χ0v) is 23.5. The predicted octanol–water partition coefficient (Wildman–Crippen LogP) is 3.56. The number of hydrogen-bond donors (Lipinski definition) is 1. The van der Waals surface area contributed by atoms with Crippen molar-refractivity contribution in [1.82, 2.24) is 9.80 Å². The zero-order chi connectivity index (χ0) is 26.7. The molecule has 4 rings (SSSR count). The van der Waals surface area contributed by atoms with E-state index in [-0.39, 0.29) is 35.1 Å². The lowest BCUT2D eigenvalue weighted by Gasteiger charge is -2.39. The van der Waals surface area contributed by atoms with Crippen LogP contribution in [-0.4, -0.2) is 79.4 Å². The largest absolute Gasteiger partial charge is 0.465 e. The van der Waals surface area contributed by atoms with Crippen LogP contribution >= 0.6 is 27.7 Å². The average Bonchev–Trinajstić information content (AvgIpc) is 3.49. The highest BCUT2D eigenvalue weighted by Crippen LogP contribution is 2.68. The van der Waals surface area contributed by atoms with Crippen LogP contribution in [0.2, 0.25) is 0 Å². The van der Waals surface area contributed by atoms with E-state index in [1.54, 1.807) is 33.7 Å². The number of rotatable bonds is 12. The first kappa shape index (κ1) is 27.9. The molecule has 0 radical (unpaired) electrons. The summed E-state index contributed by atoms with van der Waals surface area (Å²) in [4.78, 5) is 45.1. The third-order valence-corrected chi connectivity index (χ3v) is 11.0. The minimum absolute atomic E-state index is 0.0371. The monoisotopic (exact) mass is 590 g/mol. The van der Waals surface area contributed by atoms with Crippen molar-refractivity contribution in [2.45, 2.75) is 59.6 Å². The van der Waals surface area contributed by atoms with E-state index in [0.717, 1.165) is 5.56 Å². The number of esters is 1. The van der Waals surface area contributed by atoms with E-state index >= 15 is 0 Å². The van der Waals surface area contributed by atoms with E-state index in [1.807, 2.05) is 37.3 Å². The molecule has 0 aromatic heterocycles. The summed E-state index contributed by atoms with van der Waals surface area (Å²) in [7, 11) is 0. The van der Waals surface area contributed by atoms with Crippen LogP contribution < -0.4 is 0 Å². The molecule has 1 aromatic carbocycles. The van der Waals surface area contributed by atoms with Gasteiger partial charge in [0.05, 0.1) is 35.8 Å². The van der Waals surface area contributed by atoms with Gasteiger partial charge in [0, 0.05) is 23.2 Å². The van der Waals surface area contributed by atoms with Crippen LogP contribution in [0, 0.1) is 11.8 Å². The molecule has 3 unspecified atom stereocenters. The number of fused-ring (bicyclic) bond motifs is 1. The van der Waals surface area contributed by atoms with Crippen molar-refractivity contribution in [3.8, 4) is 0 Å². The lowest BCUT2D eigenvalue weighted by molar-refractivity contribution is -0.154. The first-order valence-corrected chi connectivity index (χ1v) is 14.6. The van der Waals surface area contributed by atoms with Crippen molar-refractivity contribution in [3.63, 3.8) is 0 Å². The first-order chi connectivity index (χ1) is 17.8.